The zero-order valence-corrected chi connectivity index (χ0v) is 20.7. The molecule has 3 heteroatoms. The second-order valence-electron chi connectivity index (χ2n) is 9.45. The molecule has 8 rings (SSSR count). The van der Waals surface area contributed by atoms with Gasteiger partial charge in [0.2, 0.25) is 0 Å². The third-order valence-electron chi connectivity index (χ3n) is 7.23. The highest BCUT2D eigenvalue weighted by Crippen LogP contribution is 2.38. The monoisotopic (exact) mass is 488 g/mol. The molecule has 0 bridgehead atoms. The van der Waals surface area contributed by atoms with Crippen molar-refractivity contribution in [3.63, 3.8) is 0 Å². The first kappa shape index (κ1) is 20.6. The summed E-state index contributed by atoms with van der Waals surface area (Å²) in [6.07, 6.45) is 0. The van der Waals surface area contributed by atoms with Crippen molar-refractivity contribution in [2.45, 2.75) is 0 Å². The van der Waals surface area contributed by atoms with Crippen molar-refractivity contribution in [3.8, 4) is 22.6 Å². The van der Waals surface area contributed by atoms with E-state index < -0.39 is 0 Å². The summed E-state index contributed by atoms with van der Waals surface area (Å²) in [4.78, 5) is 10.3. The van der Waals surface area contributed by atoms with Gasteiger partial charge in [-0.05, 0) is 46.5 Å². The molecule has 0 aliphatic rings. The zero-order chi connectivity index (χ0) is 24.3. The van der Waals surface area contributed by atoms with E-state index in [1.165, 1.54) is 36.3 Å². The molecule has 2 aromatic heterocycles. The van der Waals surface area contributed by atoms with Crippen LogP contribution in [0.3, 0.4) is 0 Å². The van der Waals surface area contributed by atoms with Crippen molar-refractivity contribution < 1.29 is 0 Å². The standard InChI is InChI=1S/C34H20N2S/c1-2-9-22(10-3-1)32-28-17-16-21-8-4-5-11-26(21)33(28)36-34(35-32)24-15-14-23-19-29-27-12-6-7-13-30(27)37-31(29)20-25(23)18-24/h1-20H. The average molecular weight is 489 g/mol. The van der Waals surface area contributed by atoms with Crippen molar-refractivity contribution >= 4 is 64.0 Å². The van der Waals surface area contributed by atoms with Gasteiger partial charge in [0.1, 0.15) is 0 Å². The van der Waals surface area contributed by atoms with E-state index in [4.69, 9.17) is 9.97 Å². The van der Waals surface area contributed by atoms with E-state index in [1.54, 1.807) is 0 Å². The minimum absolute atomic E-state index is 0.751. The largest absolute Gasteiger partial charge is 0.227 e. The minimum Gasteiger partial charge on any atom is -0.227 e. The molecule has 0 saturated heterocycles. The molecule has 0 aliphatic carbocycles. The fourth-order valence-corrected chi connectivity index (χ4v) is 6.55. The number of fused-ring (bicyclic) bond motifs is 7. The van der Waals surface area contributed by atoms with Crippen molar-refractivity contribution in [3.05, 3.63) is 121 Å². The highest BCUT2D eigenvalue weighted by Gasteiger charge is 2.14. The van der Waals surface area contributed by atoms with Gasteiger partial charge in [0.05, 0.1) is 11.2 Å². The van der Waals surface area contributed by atoms with Gasteiger partial charge in [0.15, 0.2) is 5.82 Å². The number of thiophene rings is 1. The van der Waals surface area contributed by atoms with Crippen molar-refractivity contribution in [1.29, 1.82) is 0 Å². The van der Waals surface area contributed by atoms with E-state index in [2.05, 4.69) is 115 Å². The SMILES string of the molecule is c1ccc(-c2nc(-c3ccc4cc5c(cc4c3)sc3ccccc35)nc3c2ccc2ccccc23)cc1. The first-order chi connectivity index (χ1) is 18.3. The molecule has 0 saturated carbocycles. The molecule has 8 aromatic rings. The molecule has 172 valence electrons. The first-order valence-electron chi connectivity index (χ1n) is 12.4. The molecule has 2 nitrogen and oxygen atoms in total. The van der Waals surface area contributed by atoms with Crippen LogP contribution in [0.5, 0.6) is 0 Å². The van der Waals surface area contributed by atoms with Gasteiger partial charge in [0.25, 0.3) is 0 Å². The maximum Gasteiger partial charge on any atom is 0.160 e. The second-order valence-corrected chi connectivity index (χ2v) is 10.5. The second kappa shape index (κ2) is 7.95. The smallest absolute Gasteiger partial charge is 0.160 e. The molecule has 0 unspecified atom stereocenters. The summed E-state index contributed by atoms with van der Waals surface area (Å²) in [7, 11) is 0. The quantitative estimate of drug-likeness (QED) is 0.226. The Balaban J connectivity index is 1.40. The number of hydrogen-bond acceptors (Lipinski definition) is 3. The maximum absolute atomic E-state index is 5.16. The lowest BCUT2D eigenvalue weighted by Crippen LogP contribution is -1.96. The van der Waals surface area contributed by atoms with Gasteiger partial charge in [-0.3, -0.25) is 0 Å². The molecule has 2 heterocycles. The van der Waals surface area contributed by atoms with Crippen LogP contribution in [0.4, 0.5) is 0 Å². The van der Waals surface area contributed by atoms with Crippen LogP contribution < -0.4 is 0 Å². The average Bonchev–Trinajstić information content (AvgIpc) is 3.32. The van der Waals surface area contributed by atoms with E-state index in [9.17, 15) is 0 Å². The van der Waals surface area contributed by atoms with Crippen LogP contribution in [-0.2, 0) is 0 Å². The number of rotatable bonds is 2. The van der Waals surface area contributed by atoms with E-state index in [0.717, 1.165) is 38.9 Å². The summed E-state index contributed by atoms with van der Waals surface area (Å²) in [5, 5.41) is 8.49. The van der Waals surface area contributed by atoms with Crippen LogP contribution in [0.1, 0.15) is 0 Å². The van der Waals surface area contributed by atoms with Crippen LogP contribution >= 0.6 is 11.3 Å². The van der Waals surface area contributed by atoms with Crippen molar-refractivity contribution in [2.24, 2.45) is 0 Å². The fraction of sp³-hybridized carbons (Fsp3) is 0. The molecule has 0 spiro atoms. The van der Waals surface area contributed by atoms with Gasteiger partial charge < -0.3 is 0 Å². The van der Waals surface area contributed by atoms with Crippen molar-refractivity contribution in [1.82, 2.24) is 9.97 Å². The Labute approximate surface area is 217 Å². The number of nitrogens with zero attached hydrogens (tertiary/aromatic N) is 2. The van der Waals surface area contributed by atoms with Crippen LogP contribution in [0.15, 0.2) is 121 Å². The lowest BCUT2D eigenvalue weighted by molar-refractivity contribution is 1.24. The van der Waals surface area contributed by atoms with Crippen LogP contribution in [0.25, 0.3) is 75.3 Å². The Bertz CT molecular complexity index is 2140. The number of aromatic nitrogens is 2. The number of hydrogen-bond donors (Lipinski definition) is 0. The van der Waals surface area contributed by atoms with Crippen LogP contribution in [-0.4, -0.2) is 9.97 Å². The summed E-state index contributed by atoms with van der Waals surface area (Å²) in [5.41, 5.74) is 4.08. The van der Waals surface area contributed by atoms with E-state index >= 15 is 0 Å². The topological polar surface area (TPSA) is 25.8 Å². The summed E-state index contributed by atoms with van der Waals surface area (Å²) >= 11 is 1.85. The molecule has 0 atom stereocenters. The Morgan fingerprint density at radius 1 is 0.432 bits per heavy atom. The highest BCUT2D eigenvalue weighted by atomic mass is 32.1. The van der Waals surface area contributed by atoms with E-state index in [1.807, 2.05) is 17.4 Å². The Morgan fingerprint density at radius 3 is 2.14 bits per heavy atom. The third-order valence-corrected chi connectivity index (χ3v) is 8.37. The maximum atomic E-state index is 5.16. The van der Waals surface area contributed by atoms with E-state index in [-0.39, 0.29) is 0 Å². The minimum atomic E-state index is 0.751. The van der Waals surface area contributed by atoms with Gasteiger partial charge in [-0.1, -0.05) is 91.0 Å². The predicted molar refractivity (Wildman–Crippen MR) is 158 cm³/mol. The molecule has 0 amide bonds. The van der Waals surface area contributed by atoms with Crippen molar-refractivity contribution in [2.75, 3.05) is 0 Å². The fourth-order valence-electron chi connectivity index (χ4n) is 5.42. The molecular formula is C34H20N2S. The van der Waals surface area contributed by atoms with Gasteiger partial charge in [-0.25, -0.2) is 9.97 Å². The molecule has 0 aliphatic heterocycles. The molecule has 37 heavy (non-hydrogen) atoms. The Morgan fingerprint density at radius 2 is 1.22 bits per heavy atom. The normalized spacial score (nSPS) is 11.8. The van der Waals surface area contributed by atoms with E-state index in [0.29, 0.717) is 0 Å². The molecular weight excluding hydrogens is 468 g/mol. The third kappa shape index (κ3) is 3.25. The molecule has 0 radical (unpaired) electrons. The summed E-state index contributed by atoms with van der Waals surface area (Å²) < 4.78 is 2.63. The summed E-state index contributed by atoms with van der Waals surface area (Å²) in [6, 6.07) is 43.1. The molecule has 0 N–H and O–H groups in total. The van der Waals surface area contributed by atoms with Crippen LogP contribution in [0, 0.1) is 0 Å². The molecule has 0 fully saturated rings. The van der Waals surface area contributed by atoms with Gasteiger partial charge in [0, 0.05) is 42.1 Å². The lowest BCUT2D eigenvalue weighted by atomic mass is 10.0. The Kier molecular flexibility index (Phi) is 4.42. The van der Waals surface area contributed by atoms with Crippen LogP contribution in [0.2, 0.25) is 0 Å². The van der Waals surface area contributed by atoms with Gasteiger partial charge in [-0.15, -0.1) is 11.3 Å². The predicted octanol–water partition coefficient (Wildman–Crippen LogP) is 9.64. The summed E-state index contributed by atoms with van der Waals surface area (Å²) in [5.74, 6) is 0.751. The first-order valence-corrected chi connectivity index (χ1v) is 13.2. The van der Waals surface area contributed by atoms with Gasteiger partial charge >= 0.3 is 0 Å². The number of benzene rings is 6. The summed E-state index contributed by atoms with van der Waals surface area (Å²) in [6.45, 7) is 0. The molecule has 6 aromatic carbocycles. The van der Waals surface area contributed by atoms with Gasteiger partial charge in [-0.2, -0.15) is 0 Å². The Hall–Kier alpha value is -4.60. The lowest BCUT2D eigenvalue weighted by Gasteiger charge is -2.12. The zero-order valence-electron chi connectivity index (χ0n) is 19.8. The highest BCUT2D eigenvalue weighted by molar-refractivity contribution is 7.25.